The third-order valence-corrected chi connectivity index (χ3v) is 3.08. The highest BCUT2D eigenvalue weighted by molar-refractivity contribution is 6.31. The van der Waals surface area contributed by atoms with Crippen molar-refractivity contribution in [1.29, 1.82) is 0 Å². The Morgan fingerprint density at radius 1 is 1.47 bits per heavy atom. The van der Waals surface area contributed by atoms with E-state index in [1.54, 1.807) is 12.1 Å². The van der Waals surface area contributed by atoms with Crippen LogP contribution in [0, 0.1) is 13.8 Å². The SMILES string of the molecule is Cc1noc(C)c1CNc1ccc(Cl)cc1C(=O)O. The molecular weight excluding hydrogens is 268 g/mol. The van der Waals surface area contributed by atoms with E-state index in [1.807, 2.05) is 13.8 Å². The van der Waals surface area contributed by atoms with Crippen molar-refractivity contribution in [3.63, 3.8) is 0 Å². The molecular formula is C13H13ClN2O3. The molecule has 0 atom stereocenters. The summed E-state index contributed by atoms with van der Waals surface area (Å²) in [6.45, 7) is 4.10. The second kappa shape index (κ2) is 5.32. The van der Waals surface area contributed by atoms with Gasteiger partial charge in [0.05, 0.1) is 11.3 Å². The average molecular weight is 281 g/mol. The number of aryl methyl sites for hydroxylation is 2. The molecule has 0 bridgehead atoms. The van der Waals surface area contributed by atoms with Gasteiger partial charge in [-0.1, -0.05) is 16.8 Å². The molecule has 0 aliphatic heterocycles. The van der Waals surface area contributed by atoms with E-state index in [4.69, 9.17) is 21.2 Å². The maximum absolute atomic E-state index is 11.1. The second-order valence-electron chi connectivity index (χ2n) is 4.15. The number of halogens is 1. The minimum atomic E-state index is -1.02. The molecule has 1 aromatic carbocycles. The standard InChI is InChI=1S/C13H13ClN2O3/c1-7-11(8(2)19-16-7)6-15-12-4-3-9(14)5-10(12)13(17)18/h3-5,15H,6H2,1-2H3,(H,17,18). The summed E-state index contributed by atoms with van der Waals surface area (Å²) in [5.41, 5.74) is 2.36. The Morgan fingerprint density at radius 2 is 2.21 bits per heavy atom. The first-order valence-electron chi connectivity index (χ1n) is 5.67. The largest absolute Gasteiger partial charge is 0.478 e. The van der Waals surface area contributed by atoms with Gasteiger partial charge in [0.1, 0.15) is 5.76 Å². The van der Waals surface area contributed by atoms with Crippen LogP contribution in [0.5, 0.6) is 0 Å². The van der Waals surface area contributed by atoms with Gasteiger partial charge in [0.2, 0.25) is 0 Å². The number of nitrogens with one attached hydrogen (secondary N) is 1. The molecule has 0 aliphatic rings. The van der Waals surface area contributed by atoms with Crippen LogP contribution in [0.1, 0.15) is 27.4 Å². The lowest BCUT2D eigenvalue weighted by Crippen LogP contribution is -2.07. The molecule has 1 aromatic heterocycles. The van der Waals surface area contributed by atoms with Gasteiger partial charge in [0.25, 0.3) is 0 Å². The average Bonchev–Trinajstić information content (AvgIpc) is 2.68. The summed E-state index contributed by atoms with van der Waals surface area (Å²) in [6, 6.07) is 4.70. The molecule has 5 nitrogen and oxygen atoms in total. The first-order valence-corrected chi connectivity index (χ1v) is 6.05. The predicted octanol–water partition coefficient (Wildman–Crippen LogP) is 3.26. The molecule has 1 heterocycles. The first kappa shape index (κ1) is 13.4. The zero-order chi connectivity index (χ0) is 14.0. The Balaban J connectivity index is 2.23. The summed E-state index contributed by atoms with van der Waals surface area (Å²) >= 11 is 5.79. The Hall–Kier alpha value is -2.01. The Bertz CT molecular complexity index is 603. The maximum atomic E-state index is 11.1. The zero-order valence-corrected chi connectivity index (χ0v) is 11.3. The summed E-state index contributed by atoms with van der Waals surface area (Å²) in [6.07, 6.45) is 0. The van der Waals surface area contributed by atoms with E-state index in [0.717, 1.165) is 17.0 Å². The van der Waals surface area contributed by atoms with Gasteiger partial charge in [0.15, 0.2) is 0 Å². The Labute approximate surface area is 115 Å². The highest BCUT2D eigenvalue weighted by atomic mass is 35.5. The number of benzene rings is 1. The Kier molecular flexibility index (Phi) is 3.76. The molecule has 0 saturated carbocycles. The molecule has 19 heavy (non-hydrogen) atoms. The van der Waals surface area contributed by atoms with Crippen LogP contribution in [0.4, 0.5) is 5.69 Å². The van der Waals surface area contributed by atoms with Gasteiger partial charge in [-0.3, -0.25) is 0 Å². The van der Waals surface area contributed by atoms with Crippen LogP contribution < -0.4 is 5.32 Å². The summed E-state index contributed by atoms with van der Waals surface area (Å²) in [5.74, 6) is -0.306. The molecule has 0 fully saturated rings. The summed E-state index contributed by atoms with van der Waals surface area (Å²) in [5, 5.41) is 16.4. The fourth-order valence-corrected chi connectivity index (χ4v) is 1.96. The zero-order valence-electron chi connectivity index (χ0n) is 10.5. The number of carbonyl (C=O) groups is 1. The van der Waals surface area contributed by atoms with Crippen LogP contribution in [-0.4, -0.2) is 16.2 Å². The molecule has 0 unspecified atom stereocenters. The summed E-state index contributed by atoms with van der Waals surface area (Å²) in [7, 11) is 0. The number of carboxylic acid groups (broad SMARTS) is 1. The van der Waals surface area contributed by atoms with Crippen LogP contribution in [0.25, 0.3) is 0 Å². The van der Waals surface area contributed by atoms with Crippen molar-refractivity contribution in [2.45, 2.75) is 20.4 Å². The van der Waals surface area contributed by atoms with Gasteiger partial charge in [-0.15, -0.1) is 0 Å². The number of rotatable bonds is 4. The monoisotopic (exact) mass is 280 g/mol. The minimum absolute atomic E-state index is 0.138. The molecule has 0 saturated heterocycles. The van der Waals surface area contributed by atoms with Crippen molar-refractivity contribution in [2.24, 2.45) is 0 Å². The van der Waals surface area contributed by atoms with Crippen molar-refractivity contribution in [3.8, 4) is 0 Å². The lowest BCUT2D eigenvalue weighted by molar-refractivity contribution is 0.0698. The van der Waals surface area contributed by atoms with Crippen molar-refractivity contribution in [3.05, 3.63) is 45.8 Å². The van der Waals surface area contributed by atoms with E-state index in [-0.39, 0.29) is 5.56 Å². The van der Waals surface area contributed by atoms with Crippen molar-refractivity contribution in [2.75, 3.05) is 5.32 Å². The van der Waals surface area contributed by atoms with Crippen LogP contribution in [0.2, 0.25) is 5.02 Å². The fraction of sp³-hybridized carbons (Fsp3) is 0.231. The molecule has 0 spiro atoms. The van der Waals surface area contributed by atoms with Gasteiger partial charge >= 0.3 is 5.97 Å². The van der Waals surface area contributed by atoms with Gasteiger partial charge in [-0.2, -0.15) is 0 Å². The topological polar surface area (TPSA) is 75.4 Å². The van der Waals surface area contributed by atoms with Crippen LogP contribution in [-0.2, 0) is 6.54 Å². The highest BCUT2D eigenvalue weighted by Crippen LogP contribution is 2.22. The smallest absolute Gasteiger partial charge is 0.337 e. The van der Waals surface area contributed by atoms with Gasteiger partial charge in [0, 0.05) is 22.8 Å². The van der Waals surface area contributed by atoms with Crippen molar-refractivity contribution >= 4 is 23.3 Å². The van der Waals surface area contributed by atoms with Gasteiger partial charge in [-0.05, 0) is 32.0 Å². The lowest BCUT2D eigenvalue weighted by Gasteiger charge is -2.09. The molecule has 0 aliphatic carbocycles. The number of carboxylic acids is 1. The van der Waals surface area contributed by atoms with Crippen molar-refractivity contribution in [1.82, 2.24) is 5.16 Å². The summed E-state index contributed by atoms with van der Waals surface area (Å²) < 4.78 is 5.05. The molecule has 2 aromatic rings. The van der Waals surface area contributed by atoms with E-state index >= 15 is 0 Å². The lowest BCUT2D eigenvalue weighted by atomic mass is 10.1. The molecule has 100 valence electrons. The second-order valence-corrected chi connectivity index (χ2v) is 4.59. The van der Waals surface area contributed by atoms with Crippen LogP contribution in [0.3, 0.4) is 0 Å². The quantitative estimate of drug-likeness (QED) is 0.899. The number of aromatic carboxylic acids is 1. The third kappa shape index (κ3) is 2.88. The number of hydrogen-bond acceptors (Lipinski definition) is 4. The van der Waals surface area contributed by atoms with Gasteiger partial charge < -0.3 is 14.9 Å². The van der Waals surface area contributed by atoms with Crippen molar-refractivity contribution < 1.29 is 14.4 Å². The molecule has 6 heteroatoms. The number of aromatic nitrogens is 1. The first-order chi connectivity index (χ1) is 8.99. The third-order valence-electron chi connectivity index (χ3n) is 2.85. The van der Waals surface area contributed by atoms with E-state index in [1.165, 1.54) is 6.07 Å². The number of hydrogen-bond donors (Lipinski definition) is 2. The molecule has 2 N–H and O–H groups in total. The molecule has 0 amide bonds. The van der Waals surface area contributed by atoms with Gasteiger partial charge in [-0.25, -0.2) is 4.79 Å². The minimum Gasteiger partial charge on any atom is -0.478 e. The van der Waals surface area contributed by atoms with Crippen LogP contribution >= 0.6 is 11.6 Å². The maximum Gasteiger partial charge on any atom is 0.337 e. The number of nitrogens with zero attached hydrogens (tertiary/aromatic N) is 1. The normalized spacial score (nSPS) is 10.5. The number of anilines is 1. The van der Waals surface area contributed by atoms with E-state index in [2.05, 4.69) is 10.5 Å². The van der Waals surface area contributed by atoms with E-state index in [0.29, 0.717) is 17.3 Å². The Morgan fingerprint density at radius 3 is 2.79 bits per heavy atom. The highest BCUT2D eigenvalue weighted by Gasteiger charge is 2.13. The molecule has 2 rings (SSSR count). The molecule has 0 radical (unpaired) electrons. The van der Waals surface area contributed by atoms with E-state index < -0.39 is 5.97 Å². The fourth-order valence-electron chi connectivity index (χ4n) is 1.79. The predicted molar refractivity (Wildman–Crippen MR) is 71.7 cm³/mol. The van der Waals surface area contributed by atoms with E-state index in [9.17, 15) is 4.79 Å². The van der Waals surface area contributed by atoms with Crippen LogP contribution in [0.15, 0.2) is 22.7 Å². The summed E-state index contributed by atoms with van der Waals surface area (Å²) in [4.78, 5) is 11.1.